The van der Waals surface area contributed by atoms with E-state index in [0.717, 1.165) is 0 Å². The first-order valence-electron chi connectivity index (χ1n) is 5.87. The summed E-state index contributed by atoms with van der Waals surface area (Å²) in [7, 11) is 1.92. The minimum Gasteiger partial charge on any atom is -0.310 e. The Bertz CT molecular complexity index is 183. The van der Waals surface area contributed by atoms with Crippen molar-refractivity contribution < 1.29 is 4.79 Å². The molecule has 2 heteroatoms. The molecular weight excluding hydrogens is 174 g/mol. The van der Waals surface area contributed by atoms with Crippen LogP contribution in [0.4, 0.5) is 0 Å². The monoisotopic (exact) mass is 197 g/mol. The SMILES string of the molecule is CN[C@H](C(=O)C(C)C)C1CCCCC1. The topological polar surface area (TPSA) is 29.1 Å². The summed E-state index contributed by atoms with van der Waals surface area (Å²) < 4.78 is 0. The maximum atomic E-state index is 11.9. The second-order valence-electron chi connectivity index (χ2n) is 4.72. The Labute approximate surface area is 87.5 Å². The van der Waals surface area contributed by atoms with Gasteiger partial charge in [0.1, 0.15) is 0 Å². The number of likely N-dealkylation sites (N-methyl/N-ethyl adjacent to an activating group) is 1. The average Bonchev–Trinajstić information content (AvgIpc) is 2.20. The summed E-state index contributed by atoms with van der Waals surface area (Å²) >= 11 is 0. The zero-order valence-corrected chi connectivity index (χ0v) is 9.68. The fraction of sp³-hybridized carbons (Fsp3) is 0.917. The Hall–Kier alpha value is -0.370. The molecule has 0 radical (unpaired) electrons. The Kier molecular flexibility index (Phi) is 4.59. The van der Waals surface area contributed by atoms with Crippen molar-refractivity contribution in [1.29, 1.82) is 0 Å². The van der Waals surface area contributed by atoms with Crippen molar-refractivity contribution in [2.24, 2.45) is 11.8 Å². The van der Waals surface area contributed by atoms with Gasteiger partial charge in [-0.05, 0) is 25.8 Å². The number of carbonyl (C=O) groups is 1. The van der Waals surface area contributed by atoms with E-state index in [-0.39, 0.29) is 12.0 Å². The minimum atomic E-state index is 0.107. The molecule has 0 aliphatic heterocycles. The van der Waals surface area contributed by atoms with Gasteiger partial charge in [0, 0.05) is 5.92 Å². The van der Waals surface area contributed by atoms with E-state index in [1.54, 1.807) is 0 Å². The molecule has 1 aliphatic rings. The van der Waals surface area contributed by atoms with Crippen molar-refractivity contribution >= 4 is 5.78 Å². The lowest BCUT2D eigenvalue weighted by molar-refractivity contribution is -0.125. The van der Waals surface area contributed by atoms with E-state index in [2.05, 4.69) is 5.32 Å². The first-order chi connectivity index (χ1) is 6.66. The van der Waals surface area contributed by atoms with Gasteiger partial charge in [-0.2, -0.15) is 0 Å². The number of Topliss-reactive ketones (excluding diaryl/α,β-unsaturated/α-hetero) is 1. The van der Waals surface area contributed by atoms with Gasteiger partial charge < -0.3 is 5.32 Å². The van der Waals surface area contributed by atoms with Crippen LogP contribution in [0.5, 0.6) is 0 Å². The van der Waals surface area contributed by atoms with Crippen molar-refractivity contribution in [3.8, 4) is 0 Å². The Morgan fingerprint density at radius 3 is 2.21 bits per heavy atom. The zero-order valence-electron chi connectivity index (χ0n) is 9.68. The molecule has 1 fully saturated rings. The molecule has 0 saturated heterocycles. The summed E-state index contributed by atoms with van der Waals surface area (Å²) in [6, 6.07) is 0.107. The largest absolute Gasteiger partial charge is 0.310 e. The number of nitrogens with one attached hydrogen (secondary N) is 1. The smallest absolute Gasteiger partial charge is 0.152 e. The molecule has 0 aromatic rings. The summed E-state index contributed by atoms with van der Waals surface area (Å²) in [5, 5.41) is 3.20. The van der Waals surface area contributed by atoms with Crippen molar-refractivity contribution in [2.45, 2.75) is 52.0 Å². The molecule has 0 heterocycles. The normalized spacial score (nSPS) is 21.1. The fourth-order valence-corrected chi connectivity index (χ4v) is 2.44. The second kappa shape index (κ2) is 5.50. The maximum Gasteiger partial charge on any atom is 0.152 e. The van der Waals surface area contributed by atoms with Crippen LogP contribution in [0.1, 0.15) is 46.0 Å². The Morgan fingerprint density at radius 1 is 1.21 bits per heavy atom. The molecule has 0 aromatic carbocycles. The van der Waals surface area contributed by atoms with Gasteiger partial charge in [-0.1, -0.05) is 33.1 Å². The highest BCUT2D eigenvalue weighted by atomic mass is 16.1. The van der Waals surface area contributed by atoms with Gasteiger partial charge in [0.05, 0.1) is 6.04 Å². The first kappa shape index (κ1) is 11.7. The predicted octanol–water partition coefficient (Wildman–Crippen LogP) is 2.38. The van der Waals surface area contributed by atoms with Crippen molar-refractivity contribution in [1.82, 2.24) is 5.32 Å². The zero-order chi connectivity index (χ0) is 10.6. The lowest BCUT2D eigenvalue weighted by Gasteiger charge is -2.30. The molecule has 1 N–H and O–H groups in total. The van der Waals surface area contributed by atoms with Crippen LogP contribution in [0.2, 0.25) is 0 Å². The molecule has 0 spiro atoms. The lowest BCUT2D eigenvalue weighted by Crippen LogP contribution is -2.43. The van der Waals surface area contributed by atoms with Crippen molar-refractivity contribution in [2.75, 3.05) is 7.05 Å². The van der Waals surface area contributed by atoms with E-state index in [4.69, 9.17) is 0 Å². The maximum absolute atomic E-state index is 11.9. The van der Waals surface area contributed by atoms with Crippen molar-refractivity contribution in [3.63, 3.8) is 0 Å². The lowest BCUT2D eigenvalue weighted by atomic mass is 9.80. The first-order valence-corrected chi connectivity index (χ1v) is 5.87. The number of hydrogen-bond donors (Lipinski definition) is 1. The number of hydrogen-bond acceptors (Lipinski definition) is 2. The van der Waals surface area contributed by atoms with E-state index in [9.17, 15) is 4.79 Å². The number of carbonyl (C=O) groups excluding carboxylic acids is 1. The molecule has 0 unspecified atom stereocenters. The van der Waals surface area contributed by atoms with Gasteiger partial charge in [0.2, 0.25) is 0 Å². The van der Waals surface area contributed by atoms with Crippen molar-refractivity contribution in [3.05, 3.63) is 0 Å². The molecule has 1 atom stereocenters. The Balaban J connectivity index is 2.55. The van der Waals surface area contributed by atoms with Crippen LogP contribution in [0.15, 0.2) is 0 Å². The van der Waals surface area contributed by atoms with Gasteiger partial charge in [-0.25, -0.2) is 0 Å². The molecule has 1 saturated carbocycles. The van der Waals surface area contributed by atoms with E-state index in [1.165, 1.54) is 32.1 Å². The summed E-state index contributed by atoms with van der Waals surface area (Å²) in [5.41, 5.74) is 0. The molecular formula is C12H23NO. The highest BCUT2D eigenvalue weighted by Gasteiger charge is 2.29. The third kappa shape index (κ3) is 2.81. The average molecular weight is 197 g/mol. The predicted molar refractivity (Wildman–Crippen MR) is 59.3 cm³/mol. The second-order valence-corrected chi connectivity index (χ2v) is 4.72. The van der Waals surface area contributed by atoms with Gasteiger partial charge in [0.15, 0.2) is 5.78 Å². The van der Waals surface area contributed by atoms with Crippen LogP contribution in [-0.2, 0) is 4.79 Å². The summed E-state index contributed by atoms with van der Waals surface area (Å²) in [6.45, 7) is 3.99. The van der Waals surface area contributed by atoms with Gasteiger partial charge in [-0.15, -0.1) is 0 Å². The molecule has 14 heavy (non-hydrogen) atoms. The molecule has 0 bridgehead atoms. The van der Waals surface area contributed by atoms with Gasteiger partial charge in [-0.3, -0.25) is 4.79 Å². The quantitative estimate of drug-likeness (QED) is 0.749. The van der Waals surface area contributed by atoms with Crippen LogP contribution >= 0.6 is 0 Å². The highest BCUT2D eigenvalue weighted by molar-refractivity contribution is 5.86. The number of ketones is 1. The third-order valence-corrected chi connectivity index (χ3v) is 3.31. The highest BCUT2D eigenvalue weighted by Crippen LogP contribution is 2.27. The van der Waals surface area contributed by atoms with E-state index >= 15 is 0 Å². The van der Waals surface area contributed by atoms with Crippen LogP contribution in [0, 0.1) is 11.8 Å². The summed E-state index contributed by atoms with van der Waals surface area (Å²) in [6.07, 6.45) is 6.40. The van der Waals surface area contributed by atoms with Gasteiger partial charge >= 0.3 is 0 Å². The standard InChI is InChI=1S/C12H23NO/c1-9(2)12(14)11(13-3)10-7-5-4-6-8-10/h9-11,13H,4-8H2,1-3H3/t11-/m0/s1. The molecule has 2 nitrogen and oxygen atoms in total. The van der Waals surface area contributed by atoms with Gasteiger partial charge in [0.25, 0.3) is 0 Å². The van der Waals surface area contributed by atoms with E-state index in [1.807, 2.05) is 20.9 Å². The molecule has 1 aliphatic carbocycles. The Morgan fingerprint density at radius 2 is 1.79 bits per heavy atom. The fourth-order valence-electron chi connectivity index (χ4n) is 2.44. The third-order valence-electron chi connectivity index (χ3n) is 3.31. The molecule has 0 aromatic heterocycles. The molecule has 82 valence electrons. The van der Waals surface area contributed by atoms with Crippen LogP contribution in [0.3, 0.4) is 0 Å². The van der Waals surface area contributed by atoms with Crippen LogP contribution in [0.25, 0.3) is 0 Å². The van der Waals surface area contributed by atoms with Crippen LogP contribution < -0.4 is 5.32 Å². The minimum absolute atomic E-state index is 0.107. The summed E-state index contributed by atoms with van der Waals surface area (Å²) in [5.74, 6) is 1.14. The van der Waals surface area contributed by atoms with E-state index in [0.29, 0.717) is 11.7 Å². The molecule has 0 amide bonds. The van der Waals surface area contributed by atoms with E-state index < -0.39 is 0 Å². The number of rotatable bonds is 4. The summed E-state index contributed by atoms with van der Waals surface area (Å²) in [4.78, 5) is 11.9. The molecule has 1 rings (SSSR count). The van der Waals surface area contributed by atoms with Crippen LogP contribution in [-0.4, -0.2) is 18.9 Å².